The van der Waals surface area contributed by atoms with Crippen molar-refractivity contribution in [1.82, 2.24) is 25.1 Å². The molecule has 0 saturated heterocycles. The average molecular weight is 466 g/mol. The molecule has 1 unspecified atom stereocenters. The van der Waals surface area contributed by atoms with E-state index in [9.17, 15) is 9.18 Å². The number of carbonyl (C=O) groups excluding carboxylic acids is 1. The third-order valence-corrected chi connectivity index (χ3v) is 6.27. The number of aromatic amines is 1. The number of benzene rings is 2. The molecule has 4 aromatic rings. The molecule has 1 atom stereocenters. The molecule has 10 heteroatoms. The highest BCUT2D eigenvalue weighted by molar-refractivity contribution is 7.99. The summed E-state index contributed by atoms with van der Waals surface area (Å²) in [6, 6.07) is 15.7. The number of nitrogens with zero attached hydrogens (tertiary/aromatic N) is 4. The van der Waals surface area contributed by atoms with Gasteiger partial charge in [0, 0.05) is 11.3 Å². The third-order valence-electron chi connectivity index (χ3n) is 5.33. The molecule has 0 aliphatic rings. The number of hydrogen-bond donors (Lipinski definition) is 3. The van der Waals surface area contributed by atoms with Crippen LogP contribution in [0, 0.1) is 5.82 Å². The Hall–Kier alpha value is -3.66. The summed E-state index contributed by atoms with van der Waals surface area (Å²) in [6.45, 7) is 4.32. The van der Waals surface area contributed by atoms with Gasteiger partial charge in [0.05, 0.1) is 11.4 Å². The maximum atomic E-state index is 13.1. The topological polar surface area (TPSA) is 115 Å². The number of nitrogens with two attached hydrogens (primary N) is 1. The molecule has 4 N–H and O–H groups in total. The Bertz CT molecular complexity index is 1230. The highest BCUT2D eigenvalue weighted by Gasteiger charge is 2.16. The van der Waals surface area contributed by atoms with Gasteiger partial charge in [0.15, 0.2) is 0 Å². The maximum Gasteiger partial charge on any atom is 0.234 e. The lowest BCUT2D eigenvalue weighted by atomic mass is 9.99. The Labute approximate surface area is 194 Å². The fraction of sp³-hybridized carbons (Fsp3) is 0.217. The first-order chi connectivity index (χ1) is 15.9. The third kappa shape index (κ3) is 5.23. The van der Waals surface area contributed by atoms with Crippen molar-refractivity contribution in [2.75, 3.05) is 16.9 Å². The van der Waals surface area contributed by atoms with Gasteiger partial charge in [-0.2, -0.15) is 5.10 Å². The average Bonchev–Trinajstić information content (AvgIpc) is 3.45. The lowest BCUT2D eigenvalue weighted by molar-refractivity contribution is -0.113. The van der Waals surface area contributed by atoms with Crippen LogP contribution in [-0.2, 0) is 4.79 Å². The minimum Gasteiger partial charge on any atom is -0.335 e. The molecule has 33 heavy (non-hydrogen) atoms. The monoisotopic (exact) mass is 465 g/mol. The van der Waals surface area contributed by atoms with Gasteiger partial charge in [0.1, 0.15) is 11.5 Å². The van der Waals surface area contributed by atoms with E-state index in [-0.39, 0.29) is 17.5 Å². The Kier molecular flexibility index (Phi) is 6.74. The molecule has 0 aliphatic carbocycles. The summed E-state index contributed by atoms with van der Waals surface area (Å²) in [7, 11) is 0. The Morgan fingerprint density at radius 2 is 1.91 bits per heavy atom. The molecular weight excluding hydrogens is 441 g/mol. The summed E-state index contributed by atoms with van der Waals surface area (Å²) >= 11 is 1.18. The standard InChI is InChI=1S/C23H24FN7OS/c1-3-14(2)15-6-10-18(11-7-15)26-21(32)13-33-23-30-29-22(31(23)25)20-12-19(27-28-20)16-4-8-17(24)9-5-16/h4-12,14H,3,13,25H2,1-2H3,(H,26,32)(H,27,28). The first-order valence-corrected chi connectivity index (χ1v) is 11.5. The van der Waals surface area contributed by atoms with Crippen molar-refractivity contribution in [2.45, 2.75) is 31.3 Å². The molecular formula is C23H24FN7OS. The van der Waals surface area contributed by atoms with Crippen molar-refractivity contribution in [1.29, 1.82) is 0 Å². The quantitative estimate of drug-likeness (QED) is 0.262. The number of halogens is 1. The first kappa shape index (κ1) is 22.5. The number of H-pyrrole nitrogens is 1. The Morgan fingerprint density at radius 3 is 2.61 bits per heavy atom. The Balaban J connectivity index is 1.37. The molecule has 1 amide bonds. The van der Waals surface area contributed by atoms with E-state index in [2.05, 4.69) is 39.6 Å². The molecule has 0 bridgehead atoms. The minimum atomic E-state index is -0.315. The van der Waals surface area contributed by atoms with Gasteiger partial charge in [0.25, 0.3) is 0 Å². The second-order valence-electron chi connectivity index (χ2n) is 7.62. The van der Waals surface area contributed by atoms with Crippen LogP contribution in [0.25, 0.3) is 22.8 Å². The van der Waals surface area contributed by atoms with Crippen molar-refractivity contribution in [2.24, 2.45) is 0 Å². The zero-order chi connectivity index (χ0) is 23.4. The van der Waals surface area contributed by atoms with Gasteiger partial charge >= 0.3 is 0 Å². The molecule has 2 aromatic heterocycles. The zero-order valence-corrected chi connectivity index (χ0v) is 19.1. The van der Waals surface area contributed by atoms with E-state index in [4.69, 9.17) is 5.84 Å². The summed E-state index contributed by atoms with van der Waals surface area (Å²) in [5.74, 6) is 6.65. The van der Waals surface area contributed by atoms with E-state index in [0.29, 0.717) is 28.3 Å². The number of nitrogen functional groups attached to an aromatic ring is 1. The number of anilines is 1. The van der Waals surface area contributed by atoms with Crippen LogP contribution in [0.4, 0.5) is 10.1 Å². The van der Waals surface area contributed by atoms with Gasteiger partial charge < -0.3 is 11.2 Å². The molecule has 0 fully saturated rings. The molecule has 2 heterocycles. The number of nitrogens with one attached hydrogen (secondary N) is 2. The van der Waals surface area contributed by atoms with Crippen LogP contribution in [0.5, 0.6) is 0 Å². The predicted molar refractivity (Wildman–Crippen MR) is 128 cm³/mol. The Morgan fingerprint density at radius 1 is 1.18 bits per heavy atom. The molecule has 0 radical (unpaired) electrons. The van der Waals surface area contributed by atoms with Crippen LogP contribution in [0.3, 0.4) is 0 Å². The van der Waals surface area contributed by atoms with Crippen LogP contribution in [0.2, 0.25) is 0 Å². The van der Waals surface area contributed by atoms with E-state index < -0.39 is 0 Å². The van der Waals surface area contributed by atoms with Crippen LogP contribution in [0.15, 0.2) is 59.8 Å². The van der Waals surface area contributed by atoms with E-state index in [0.717, 1.165) is 17.7 Å². The highest BCUT2D eigenvalue weighted by atomic mass is 32.2. The molecule has 2 aromatic carbocycles. The normalized spacial score (nSPS) is 12.0. The molecule has 0 aliphatic heterocycles. The van der Waals surface area contributed by atoms with Gasteiger partial charge in [-0.3, -0.25) is 9.89 Å². The minimum absolute atomic E-state index is 0.131. The summed E-state index contributed by atoms with van der Waals surface area (Å²) in [5, 5.41) is 18.6. The molecule has 0 spiro atoms. The fourth-order valence-corrected chi connectivity index (χ4v) is 3.88. The number of carbonyl (C=O) groups is 1. The number of aromatic nitrogens is 5. The SMILES string of the molecule is CCC(C)c1ccc(NC(=O)CSc2nnc(-c3cc(-c4ccc(F)cc4)n[nH]3)n2N)cc1. The summed E-state index contributed by atoms with van der Waals surface area (Å²) in [5.41, 5.74) is 3.93. The van der Waals surface area contributed by atoms with Gasteiger partial charge in [0.2, 0.25) is 16.9 Å². The predicted octanol–water partition coefficient (Wildman–Crippen LogP) is 4.43. The summed E-state index contributed by atoms with van der Waals surface area (Å²) in [6.07, 6.45) is 1.07. The van der Waals surface area contributed by atoms with Gasteiger partial charge in [-0.15, -0.1) is 10.2 Å². The second kappa shape index (κ2) is 9.86. The lowest BCUT2D eigenvalue weighted by Gasteiger charge is -2.10. The fourth-order valence-electron chi connectivity index (χ4n) is 3.22. The smallest absolute Gasteiger partial charge is 0.234 e. The molecule has 4 rings (SSSR count). The largest absolute Gasteiger partial charge is 0.335 e. The van der Waals surface area contributed by atoms with E-state index >= 15 is 0 Å². The number of rotatable bonds is 8. The van der Waals surface area contributed by atoms with Crippen molar-refractivity contribution in [3.63, 3.8) is 0 Å². The number of hydrogen-bond acceptors (Lipinski definition) is 6. The van der Waals surface area contributed by atoms with Crippen molar-refractivity contribution >= 4 is 23.4 Å². The second-order valence-corrected chi connectivity index (χ2v) is 8.56. The zero-order valence-electron chi connectivity index (χ0n) is 18.2. The van der Waals surface area contributed by atoms with E-state index in [1.165, 1.54) is 34.1 Å². The lowest BCUT2D eigenvalue weighted by Crippen LogP contribution is -2.16. The van der Waals surface area contributed by atoms with Crippen LogP contribution < -0.4 is 11.2 Å². The summed E-state index contributed by atoms with van der Waals surface area (Å²) in [4.78, 5) is 12.4. The highest BCUT2D eigenvalue weighted by Crippen LogP contribution is 2.25. The number of thioether (sulfide) groups is 1. The van der Waals surface area contributed by atoms with Crippen LogP contribution in [-0.4, -0.2) is 36.7 Å². The van der Waals surface area contributed by atoms with E-state index in [1.807, 2.05) is 24.3 Å². The van der Waals surface area contributed by atoms with Gasteiger partial charge in [-0.1, -0.05) is 37.7 Å². The molecule has 0 saturated carbocycles. The van der Waals surface area contributed by atoms with Crippen LogP contribution >= 0.6 is 11.8 Å². The van der Waals surface area contributed by atoms with Crippen molar-refractivity contribution in [3.8, 4) is 22.8 Å². The van der Waals surface area contributed by atoms with Crippen LogP contribution in [0.1, 0.15) is 31.7 Å². The molecule has 170 valence electrons. The maximum absolute atomic E-state index is 13.1. The number of amides is 1. The van der Waals surface area contributed by atoms with Gasteiger partial charge in [-0.05, 0) is 60.4 Å². The van der Waals surface area contributed by atoms with Gasteiger partial charge in [-0.25, -0.2) is 9.07 Å². The molecule has 8 nitrogen and oxygen atoms in total. The van der Waals surface area contributed by atoms with Crippen molar-refractivity contribution in [3.05, 3.63) is 66.0 Å². The first-order valence-electron chi connectivity index (χ1n) is 10.5. The van der Waals surface area contributed by atoms with Crippen molar-refractivity contribution < 1.29 is 9.18 Å². The summed E-state index contributed by atoms with van der Waals surface area (Å²) < 4.78 is 14.4. The van der Waals surface area contributed by atoms with E-state index in [1.54, 1.807) is 18.2 Å².